The molecule has 0 saturated heterocycles. The number of carbonyl (C=O) groups excluding carboxylic acids is 1. The van der Waals surface area contributed by atoms with E-state index in [1.807, 2.05) is 5.43 Å². The molecular weight excluding hydrogens is 186 g/mol. The van der Waals surface area contributed by atoms with Crippen LogP contribution < -0.4 is 11.2 Å². The maximum Gasteiger partial charge on any atom is 0.332 e. The summed E-state index contributed by atoms with van der Waals surface area (Å²) in [6.07, 6.45) is 1.21. The van der Waals surface area contributed by atoms with Crippen LogP contribution in [0.2, 0.25) is 0 Å². The maximum atomic E-state index is 10.2. The van der Waals surface area contributed by atoms with Crippen molar-refractivity contribution in [2.24, 2.45) is 10.8 Å². The number of phenols is 2. The molecule has 0 saturated carbocycles. The number of urea groups is 1. The van der Waals surface area contributed by atoms with Gasteiger partial charge in [-0.3, -0.25) is 0 Å². The third kappa shape index (κ3) is 2.67. The van der Waals surface area contributed by atoms with E-state index in [1.165, 1.54) is 18.3 Å². The minimum absolute atomic E-state index is 0.0532. The van der Waals surface area contributed by atoms with Crippen LogP contribution in [0.25, 0.3) is 0 Å². The van der Waals surface area contributed by atoms with Crippen molar-refractivity contribution in [1.29, 1.82) is 0 Å². The molecule has 0 bridgehead atoms. The van der Waals surface area contributed by atoms with Gasteiger partial charge in [-0.25, -0.2) is 10.2 Å². The number of rotatable bonds is 2. The molecule has 0 spiro atoms. The highest BCUT2D eigenvalue weighted by Gasteiger charge is 1.98. The standard InChI is InChI=1S/C8H9N3O3/c9-8(14)11-10-4-5-1-2-6(12)3-7(5)13/h1-4,12-13H,(H3,9,11,14)/b10-4+. The van der Waals surface area contributed by atoms with Gasteiger partial charge in [0.25, 0.3) is 0 Å². The monoisotopic (exact) mass is 195 g/mol. The Morgan fingerprint density at radius 3 is 2.79 bits per heavy atom. The smallest absolute Gasteiger partial charge is 0.332 e. The van der Waals surface area contributed by atoms with Crippen LogP contribution in [0.15, 0.2) is 23.3 Å². The van der Waals surface area contributed by atoms with Crippen molar-refractivity contribution in [2.75, 3.05) is 0 Å². The molecule has 0 radical (unpaired) electrons. The van der Waals surface area contributed by atoms with Crippen molar-refractivity contribution in [2.45, 2.75) is 0 Å². The molecule has 0 atom stereocenters. The first-order valence-electron chi connectivity index (χ1n) is 3.70. The van der Waals surface area contributed by atoms with E-state index in [9.17, 15) is 9.90 Å². The number of amides is 2. The molecule has 74 valence electrons. The summed E-state index contributed by atoms with van der Waals surface area (Å²) in [4.78, 5) is 10.2. The molecule has 0 unspecified atom stereocenters. The number of hydrazone groups is 1. The molecule has 1 aromatic carbocycles. The summed E-state index contributed by atoms with van der Waals surface area (Å²) in [5.74, 6) is -0.192. The summed E-state index contributed by atoms with van der Waals surface area (Å²) in [5, 5.41) is 21.7. The van der Waals surface area contributed by atoms with E-state index in [-0.39, 0.29) is 11.5 Å². The van der Waals surface area contributed by atoms with Crippen LogP contribution in [0.1, 0.15) is 5.56 Å². The van der Waals surface area contributed by atoms with Crippen LogP contribution in [0.3, 0.4) is 0 Å². The first-order valence-corrected chi connectivity index (χ1v) is 3.70. The third-order valence-electron chi connectivity index (χ3n) is 1.39. The highest BCUT2D eigenvalue weighted by atomic mass is 16.3. The number of hydrogen-bond donors (Lipinski definition) is 4. The lowest BCUT2D eigenvalue weighted by Crippen LogP contribution is -2.24. The van der Waals surface area contributed by atoms with Crippen LogP contribution in [-0.2, 0) is 0 Å². The summed E-state index contributed by atoms with van der Waals surface area (Å²) >= 11 is 0. The number of nitrogens with zero attached hydrogens (tertiary/aromatic N) is 1. The minimum Gasteiger partial charge on any atom is -0.508 e. The Kier molecular flexibility index (Phi) is 2.90. The van der Waals surface area contributed by atoms with Crippen molar-refractivity contribution < 1.29 is 15.0 Å². The second kappa shape index (κ2) is 4.13. The Bertz CT molecular complexity index is 376. The zero-order valence-electron chi connectivity index (χ0n) is 7.14. The fourth-order valence-corrected chi connectivity index (χ4v) is 0.807. The predicted octanol–water partition coefficient (Wildman–Crippen LogP) is 0.1000. The highest BCUT2D eigenvalue weighted by Crippen LogP contribution is 2.20. The summed E-state index contributed by atoms with van der Waals surface area (Å²) in [6, 6.07) is 3.19. The Hall–Kier alpha value is -2.24. The molecule has 0 aliphatic carbocycles. The predicted molar refractivity (Wildman–Crippen MR) is 50.1 cm³/mol. The summed E-state index contributed by atoms with van der Waals surface area (Å²) in [5.41, 5.74) is 7.08. The van der Waals surface area contributed by atoms with Gasteiger partial charge in [0.15, 0.2) is 0 Å². The van der Waals surface area contributed by atoms with Crippen molar-refractivity contribution in [3.63, 3.8) is 0 Å². The van der Waals surface area contributed by atoms with Gasteiger partial charge < -0.3 is 15.9 Å². The zero-order chi connectivity index (χ0) is 10.6. The van der Waals surface area contributed by atoms with Crippen molar-refractivity contribution in [1.82, 2.24) is 5.43 Å². The minimum atomic E-state index is -0.792. The fraction of sp³-hybridized carbons (Fsp3) is 0. The number of phenolic OH excluding ortho intramolecular Hbond substituents is 2. The first kappa shape index (κ1) is 9.85. The first-order chi connectivity index (χ1) is 6.59. The number of primary amides is 1. The van der Waals surface area contributed by atoms with Gasteiger partial charge in [0, 0.05) is 11.6 Å². The van der Waals surface area contributed by atoms with E-state index >= 15 is 0 Å². The Morgan fingerprint density at radius 2 is 2.21 bits per heavy atom. The van der Waals surface area contributed by atoms with Gasteiger partial charge in [-0.05, 0) is 12.1 Å². The highest BCUT2D eigenvalue weighted by molar-refractivity contribution is 5.84. The third-order valence-corrected chi connectivity index (χ3v) is 1.39. The van der Waals surface area contributed by atoms with Gasteiger partial charge in [-0.2, -0.15) is 5.10 Å². The van der Waals surface area contributed by atoms with Gasteiger partial charge in [-0.15, -0.1) is 0 Å². The lowest BCUT2D eigenvalue weighted by Gasteiger charge is -1.98. The van der Waals surface area contributed by atoms with Crippen LogP contribution >= 0.6 is 0 Å². The molecule has 0 aliphatic rings. The van der Waals surface area contributed by atoms with Crippen LogP contribution in [0, 0.1) is 0 Å². The van der Waals surface area contributed by atoms with Gasteiger partial charge in [0.1, 0.15) is 11.5 Å². The second-order valence-corrected chi connectivity index (χ2v) is 2.48. The molecule has 14 heavy (non-hydrogen) atoms. The van der Waals surface area contributed by atoms with Gasteiger partial charge in [-0.1, -0.05) is 0 Å². The molecular formula is C8H9N3O3. The Morgan fingerprint density at radius 1 is 1.50 bits per heavy atom. The van der Waals surface area contributed by atoms with E-state index in [2.05, 4.69) is 5.10 Å². The topological polar surface area (TPSA) is 108 Å². The largest absolute Gasteiger partial charge is 0.508 e. The van der Waals surface area contributed by atoms with E-state index < -0.39 is 6.03 Å². The average Bonchev–Trinajstić information content (AvgIpc) is 2.08. The Balaban J connectivity index is 2.76. The molecule has 0 fully saturated rings. The lowest BCUT2D eigenvalue weighted by molar-refractivity contribution is 0.249. The summed E-state index contributed by atoms with van der Waals surface area (Å²) in [6.45, 7) is 0. The number of nitrogens with one attached hydrogen (secondary N) is 1. The van der Waals surface area contributed by atoms with E-state index in [0.29, 0.717) is 5.56 Å². The van der Waals surface area contributed by atoms with E-state index in [1.54, 1.807) is 0 Å². The van der Waals surface area contributed by atoms with Crippen LogP contribution in [-0.4, -0.2) is 22.5 Å². The maximum absolute atomic E-state index is 10.2. The molecule has 1 rings (SSSR count). The van der Waals surface area contributed by atoms with Crippen molar-refractivity contribution in [3.05, 3.63) is 23.8 Å². The lowest BCUT2D eigenvalue weighted by atomic mass is 10.2. The molecule has 0 aromatic heterocycles. The van der Waals surface area contributed by atoms with Gasteiger partial charge in [0.05, 0.1) is 6.21 Å². The van der Waals surface area contributed by atoms with E-state index in [4.69, 9.17) is 10.8 Å². The summed E-state index contributed by atoms with van der Waals surface area (Å²) < 4.78 is 0. The molecule has 6 nitrogen and oxygen atoms in total. The number of carbonyl (C=O) groups is 1. The molecule has 2 amide bonds. The number of hydrogen-bond acceptors (Lipinski definition) is 4. The van der Waals surface area contributed by atoms with Crippen molar-refractivity contribution >= 4 is 12.2 Å². The fourth-order valence-electron chi connectivity index (χ4n) is 0.807. The molecule has 5 N–H and O–H groups in total. The molecule has 0 heterocycles. The second-order valence-electron chi connectivity index (χ2n) is 2.48. The summed E-state index contributed by atoms with van der Waals surface area (Å²) in [7, 11) is 0. The SMILES string of the molecule is NC(=O)N/N=C/c1ccc(O)cc1O. The van der Waals surface area contributed by atoms with Gasteiger partial charge >= 0.3 is 6.03 Å². The number of aromatic hydroxyl groups is 2. The van der Waals surface area contributed by atoms with Crippen LogP contribution in [0.4, 0.5) is 4.79 Å². The van der Waals surface area contributed by atoms with E-state index in [0.717, 1.165) is 6.07 Å². The quantitative estimate of drug-likeness (QED) is 0.397. The van der Waals surface area contributed by atoms with Gasteiger partial charge in [0.2, 0.25) is 0 Å². The number of benzene rings is 1. The molecule has 1 aromatic rings. The Labute approximate surface area is 79.7 Å². The molecule has 6 heteroatoms. The zero-order valence-corrected chi connectivity index (χ0v) is 7.14. The van der Waals surface area contributed by atoms with Crippen molar-refractivity contribution in [3.8, 4) is 11.5 Å². The van der Waals surface area contributed by atoms with Crippen LogP contribution in [0.5, 0.6) is 11.5 Å². The normalized spacial score (nSPS) is 10.3. The average molecular weight is 195 g/mol. The molecule has 0 aliphatic heterocycles. The number of nitrogens with two attached hydrogens (primary N) is 1.